The van der Waals surface area contributed by atoms with Crippen molar-refractivity contribution < 1.29 is 33.3 Å². The number of amides is 2. The summed E-state index contributed by atoms with van der Waals surface area (Å²) in [6, 6.07) is 2.69. The molecular weight excluding hydrogens is 545 g/mol. The van der Waals surface area contributed by atoms with Crippen LogP contribution in [0.3, 0.4) is 0 Å². The Bertz CT molecular complexity index is 1490. The topological polar surface area (TPSA) is 177 Å². The van der Waals surface area contributed by atoms with Gasteiger partial charge in [-0.2, -0.15) is 4.57 Å². The number of oxime groups is 1. The number of carboxylic acids is 1. The monoisotopic (exact) mass is 564 g/mol. The molecule has 16 heteroatoms. The summed E-state index contributed by atoms with van der Waals surface area (Å²) in [6.45, 7) is -1.02. The molecule has 2 aliphatic heterocycles. The van der Waals surface area contributed by atoms with E-state index in [0.717, 1.165) is 21.6 Å². The third-order valence-corrected chi connectivity index (χ3v) is 8.77. The van der Waals surface area contributed by atoms with Crippen LogP contribution in [0.2, 0.25) is 0 Å². The van der Waals surface area contributed by atoms with Crippen LogP contribution in [0.1, 0.15) is 5.69 Å². The number of thioether (sulfide) groups is 1. The van der Waals surface area contributed by atoms with Gasteiger partial charge in [0.1, 0.15) is 22.8 Å². The Kier molecular flexibility index (Phi) is 6.70. The van der Waals surface area contributed by atoms with Crippen molar-refractivity contribution in [2.24, 2.45) is 5.16 Å². The molecule has 0 aromatic carbocycles. The highest BCUT2D eigenvalue weighted by atomic mass is 32.2. The van der Waals surface area contributed by atoms with Gasteiger partial charge in [-0.05, 0) is 6.07 Å². The maximum Gasteiger partial charge on any atom is 0.352 e. The second kappa shape index (κ2) is 9.95. The van der Waals surface area contributed by atoms with Crippen molar-refractivity contribution in [1.29, 1.82) is 0 Å². The highest BCUT2D eigenvalue weighted by Gasteiger charge is 2.55. The van der Waals surface area contributed by atoms with Crippen molar-refractivity contribution in [3.05, 3.63) is 46.1 Å². The second-order valence-electron chi connectivity index (χ2n) is 7.91. The first-order valence-electron chi connectivity index (χ1n) is 10.6. The number of rotatable bonds is 8. The summed E-state index contributed by atoms with van der Waals surface area (Å²) in [5.74, 6) is -2.34. The zero-order chi connectivity index (χ0) is 26.3. The summed E-state index contributed by atoms with van der Waals surface area (Å²) < 4.78 is 14.4. The maximum absolute atomic E-state index is 13.1. The lowest BCUT2D eigenvalue weighted by atomic mass is 10.0. The quantitative estimate of drug-likeness (QED) is 0.134. The molecule has 6 N–H and O–H groups in total. The molecule has 5 rings (SSSR count). The lowest BCUT2D eigenvalue weighted by molar-refractivity contribution is -0.661. The molecule has 1 fully saturated rings. The SMILES string of the molecule is Nc1nc(/C(=N/OCF)C(=O)NC2C(=O)N3C(C(=O)O)=C(C[n+]4cccc5c(N)csc54)CS[C@H]23)cs1. The zero-order valence-electron chi connectivity index (χ0n) is 18.8. The Balaban J connectivity index is 1.38. The molecule has 2 aliphatic rings. The number of aromatic nitrogens is 2. The van der Waals surface area contributed by atoms with E-state index in [4.69, 9.17) is 11.5 Å². The molecule has 3 aromatic rings. The molecule has 1 saturated heterocycles. The van der Waals surface area contributed by atoms with Gasteiger partial charge in [0.2, 0.25) is 0 Å². The lowest BCUT2D eigenvalue weighted by Gasteiger charge is -2.49. The van der Waals surface area contributed by atoms with Crippen molar-refractivity contribution in [3.63, 3.8) is 0 Å². The van der Waals surface area contributed by atoms with Crippen LogP contribution in [-0.4, -0.2) is 62.5 Å². The molecule has 2 amide bonds. The fourth-order valence-corrected chi connectivity index (χ4v) is 6.93. The number of alkyl halides is 1. The van der Waals surface area contributed by atoms with Gasteiger partial charge >= 0.3 is 5.97 Å². The number of hydrogen-bond donors (Lipinski definition) is 4. The Labute approximate surface area is 220 Å². The van der Waals surface area contributed by atoms with Gasteiger partial charge < -0.3 is 26.7 Å². The van der Waals surface area contributed by atoms with Crippen LogP contribution in [0, 0.1) is 0 Å². The molecule has 0 saturated carbocycles. The number of fused-ring (bicyclic) bond motifs is 2. The maximum atomic E-state index is 13.1. The second-order valence-corrected chi connectivity index (χ2v) is 10.8. The number of carboxylic acid groups (broad SMARTS) is 1. The number of thiazole rings is 1. The van der Waals surface area contributed by atoms with Crippen LogP contribution in [0.5, 0.6) is 0 Å². The highest BCUT2D eigenvalue weighted by molar-refractivity contribution is 8.00. The molecule has 0 aliphatic carbocycles. The fourth-order valence-electron chi connectivity index (χ4n) is 4.10. The number of nitrogens with two attached hydrogens (primary N) is 2. The van der Waals surface area contributed by atoms with Gasteiger partial charge in [-0.15, -0.1) is 23.1 Å². The van der Waals surface area contributed by atoms with Crippen molar-refractivity contribution in [3.8, 4) is 0 Å². The van der Waals surface area contributed by atoms with Crippen molar-refractivity contribution >= 4 is 79.0 Å². The highest BCUT2D eigenvalue weighted by Crippen LogP contribution is 2.40. The normalized spacial score (nSPS) is 19.5. The summed E-state index contributed by atoms with van der Waals surface area (Å²) >= 11 is 3.82. The lowest BCUT2D eigenvalue weighted by Crippen LogP contribution is -2.71. The molecule has 2 atom stereocenters. The first kappa shape index (κ1) is 24.9. The van der Waals surface area contributed by atoms with E-state index in [2.05, 4.69) is 20.3 Å². The molecule has 37 heavy (non-hydrogen) atoms. The standard InChI is InChI=1S/C21H18FN7O5S3/c22-8-34-27-13(12-7-37-21(24)25-12)16(30)26-14-17(31)29-15(20(32)33)9(5-35-19(14)29)4-28-3-1-2-10-11(23)6-36-18(10)28/h1-3,6-7,14,19H,4-5,8,23H2,(H3-,24,25,26,30,32,33)/p+1/b27-13-/t14?,19-/m1/s1. The first-order valence-corrected chi connectivity index (χ1v) is 13.4. The van der Waals surface area contributed by atoms with Gasteiger partial charge in [-0.3, -0.25) is 14.5 Å². The summed E-state index contributed by atoms with van der Waals surface area (Å²) in [5, 5.41) is 19.6. The van der Waals surface area contributed by atoms with Gasteiger partial charge in [0, 0.05) is 28.2 Å². The van der Waals surface area contributed by atoms with Crippen LogP contribution in [-0.2, 0) is 25.8 Å². The van der Waals surface area contributed by atoms with Gasteiger partial charge in [0.25, 0.3) is 23.5 Å². The van der Waals surface area contributed by atoms with Crippen LogP contribution < -0.4 is 21.4 Å². The summed E-state index contributed by atoms with van der Waals surface area (Å²) in [4.78, 5) is 48.6. The molecule has 0 bridgehead atoms. The van der Waals surface area contributed by atoms with E-state index in [0.29, 0.717) is 17.0 Å². The summed E-state index contributed by atoms with van der Waals surface area (Å²) in [5.41, 5.74) is 12.4. The fraction of sp³-hybridized carbons (Fsp3) is 0.238. The van der Waals surface area contributed by atoms with E-state index in [1.807, 2.05) is 28.3 Å². The number of halogens is 1. The molecule has 192 valence electrons. The zero-order valence-corrected chi connectivity index (χ0v) is 21.2. The molecule has 12 nitrogen and oxygen atoms in total. The largest absolute Gasteiger partial charge is 0.477 e. The Hall–Kier alpha value is -3.76. The minimum Gasteiger partial charge on any atom is -0.477 e. The number of pyridine rings is 1. The smallest absolute Gasteiger partial charge is 0.352 e. The predicted octanol–water partition coefficient (Wildman–Crippen LogP) is 0.896. The Morgan fingerprint density at radius 3 is 2.86 bits per heavy atom. The first-order chi connectivity index (χ1) is 17.8. The van der Waals surface area contributed by atoms with Gasteiger partial charge in [0.05, 0.1) is 11.1 Å². The van der Waals surface area contributed by atoms with Crippen molar-refractivity contribution in [2.45, 2.75) is 18.0 Å². The molecular formula is C21H19FN7O5S3+. The van der Waals surface area contributed by atoms with Crippen molar-refractivity contribution in [1.82, 2.24) is 15.2 Å². The van der Waals surface area contributed by atoms with E-state index < -0.39 is 36.1 Å². The number of anilines is 2. The number of nitrogens with zero attached hydrogens (tertiary/aromatic N) is 4. The number of nitrogens with one attached hydrogen (secondary N) is 1. The molecule has 3 aromatic heterocycles. The minimum atomic E-state index is -1.27. The summed E-state index contributed by atoms with van der Waals surface area (Å²) in [6.07, 6.45) is 1.83. The average Bonchev–Trinajstić information content (AvgIpc) is 3.48. The van der Waals surface area contributed by atoms with Crippen LogP contribution in [0.25, 0.3) is 10.2 Å². The van der Waals surface area contributed by atoms with E-state index >= 15 is 0 Å². The molecule has 0 radical (unpaired) electrons. The third kappa shape index (κ3) is 4.47. The average molecular weight is 565 g/mol. The van der Waals surface area contributed by atoms with Gasteiger partial charge in [0.15, 0.2) is 23.6 Å². The van der Waals surface area contributed by atoms with E-state index in [-0.39, 0.29) is 28.8 Å². The number of hydrogen-bond acceptors (Lipinski definition) is 11. The number of thiophene rings is 1. The Morgan fingerprint density at radius 1 is 1.35 bits per heavy atom. The van der Waals surface area contributed by atoms with E-state index in [1.165, 1.54) is 33.4 Å². The van der Waals surface area contributed by atoms with Gasteiger partial charge in [-0.25, -0.2) is 14.2 Å². The van der Waals surface area contributed by atoms with Crippen LogP contribution in [0.15, 0.2) is 45.5 Å². The Morgan fingerprint density at radius 2 is 2.16 bits per heavy atom. The van der Waals surface area contributed by atoms with E-state index in [1.54, 1.807) is 0 Å². The number of β-lactam (4-membered cyclic amide) rings is 1. The molecule has 0 spiro atoms. The third-order valence-electron chi connectivity index (χ3n) is 5.71. The number of nitrogen functional groups attached to an aromatic ring is 2. The number of aliphatic carboxylic acids is 1. The van der Waals surface area contributed by atoms with E-state index in [9.17, 15) is 23.9 Å². The van der Waals surface area contributed by atoms with Crippen molar-refractivity contribution in [2.75, 3.05) is 24.1 Å². The molecule has 5 heterocycles. The molecule has 1 unspecified atom stereocenters. The predicted molar refractivity (Wildman–Crippen MR) is 136 cm³/mol. The van der Waals surface area contributed by atoms with Crippen LogP contribution in [0.4, 0.5) is 15.2 Å². The minimum absolute atomic E-state index is 0.0576. The number of carbonyl (C=O) groups is 3. The summed E-state index contributed by atoms with van der Waals surface area (Å²) in [7, 11) is 0. The number of carbonyl (C=O) groups excluding carboxylic acids is 2. The van der Waals surface area contributed by atoms with Gasteiger partial charge in [-0.1, -0.05) is 16.5 Å². The van der Waals surface area contributed by atoms with Crippen LogP contribution >= 0.6 is 34.4 Å².